The number of ether oxygens (including phenoxy) is 1. The predicted octanol–water partition coefficient (Wildman–Crippen LogP) is 3.46. The number of aliphatic imine (C=N–C) groups is 1. The van der Waals surface area contributed by atoms with E-state index in [2.05, 4.69) is 45.8 Å². The van der Waals surface area contributed by atoms with Gasteiger partial charge < -0.3 is 15.4 Å². The van der Waals surface area contributed by atoms with Gasteiger partial charge in [0.25, 0.3) is 0 Å². The summed E-state index contributed by atoms with van der Waals surface area (Å²) in [5.74, 6) is 1.75. The van der Waals surface area contributed by atoms with Crippen LogP contribution in [-0.4, -0.2) is 33.9 Å². The number of nitrogens with zero attached hydrogens (tertiary/aromatic N) is 4. The monoisotopic (exact) mass is 504 g/mol. The highest BCUT2D eigenvalue weighted by molar-refractivity contribution is 14.0. The van der Waals surface area contributed by atoms with Gasteiger partial charge in [-0.3, -0.25) is 0 Å². The van der Waals surface area contributed by atoms with Crippen LogP contribution in [0.4, 0.5) is 0 Å². The zero-order valence-electron chi connectivity index (χ0n) is 16.3. The molecule has 2 heterocycles. The number of para-hydroxylation sites is 1. The van der Waals surface area contributed by atoms with Crippen molar-refractivity contribution in [3.05, 3.63) is 72.3 Å². The Morgan fingerprint density at radius 1 is 1.24 bits per heavy atom. The van der Waals surface area contributed by atoms with Gasteiger partial charge in [0.15, 0.2) is 5.96 Å². The van der Waals surface area contributed by atoms with Crippen LogP contribution < -0.4 is 15.4 Å². The van der Waals surface area contributed by atoms with E-state index in [0.717, 1.165) is 35.9 Å². The molecule has 1 aromatic heterocycles. The molecule has 0 bridgehead atoms. The molecule has 0 fully saturated rings. The number of guanidine groups is 1. The highest BCUT2D eigenvalue weighted by atomic mass is 127. The third kappa shape index (κ3) is 5.26. The lowest BCUT2D eigenvalue weighted by atomic mass is 10.0. The summed E-state index contributed by atoms with van der Waals surface area (Å²) < 4.78 is 7.51. The van der Waals surface area contributed by atoms with Crippen molar-refractivity contribution in [2.45, 2.75) is 25.9 Å². The van der Waals surface area contributed by atoms with E-state index in [4.69, 9.17) is 9.73 Å². The molecule has 0 radical (unpaired) electrons. The van der Waals surface area contributed by atoms with Crippen LogP contribution in [-0.2, 0) is 6.54 Å². The number of halogens is 1. The summed E-state index contributed by atoms with van der Waals surface area (Å²) in [4.78, 5) is 8.79. The SMILES string of the molecule is CCNC(=NCc1cccc(-n2cncn2)c1)NC1CCOc2ccccc21.I. The number of benzene rings is 2. The molecule has 1 atom stereocenters. The molecule has 8 heteroatoms. The second-order valence-electron chi connectivity index (χ2n) is 6.58. The van der Waals surface area contributed by atoms with E-state index in [1.54, 1.807) is 11.0 Å². The van der Waals surface area contributed by atoms with Crippen molar-refractivity contribution in [2.75, 3.05) is 13.2 Å². The van der Waals surface area contributed by atoms with E-state index in [0.29, 0.717) is 13.2 Å². The van der Waals surface area contributed by atoms with Crippen molar-refractivity contribution in [1.82, 2.24) is 25.4 Å². The van der Waals surface area contributed by atoms with Crippen LogP contribution >= 0.6 is 24.0 Å². The van der Waals surface area contributed by atoms with Crippen LogP contribution in [0.25, 0.3) is 5.69 Å². The maximum absolute atomic E-state index is 5.76. The molecule has 29 heavy (non-hydrogen) atoms. The molecule has 0 aliphatic carbocycles. The highest BCUT2D eigenvalue weighted by Gasteiger charge is 2.21. The van der Waals surface area contributed by atoms with Crippen LogP contribution in [0.15, 0.2) is 66.2 Å². The van der Waals surface area contributed by atoms with Gasteiger partial charge in [-0.2, -0.15) is 5.10 Å². The van der Waals surface area contributed by atoms with Gasteiger partial charge in [0.1, 0.15) is 18.4 Å². The number of aromatic nitrogens is 3. The molecule has 4 rings (SSSR count). The van der Waals surface area contributed by atoms with Gasteiger partial charge in [0.2, 0.25) is 0 Å². The quantitative estimate of drug-likeness (QED) is 0.316. The minimum Gasteiger partial charge on any atom is -0.493 e. The van der Waals surface area contributed by atoms with E-state index in [-0.39, 0.29) is 30.0 Å². The van der Waals surface area contributed by atoms with Gasteiger partial charge in [-0.1, -0.05) is 30.3 Å². The van der Waals surface area contributed by atoms with E-state index >= 15 is 0 Å². The lowest BCUT2D eigenvalue weighted by molar-refractivity contribution is 0.261. The molecule has 0 saturated carbocycles. The average molecular weight is 504 g/mol. The minimum atomic E-state index is 0. The molecular formula is C21H25IN6O. The Labute approximate surface area is 187 Å². The fourth-order valence-corrected chi connectivity index (χ4v) is 3.29. The van der Waals surface area contributed by atoms with Crippen molar-refractivity contribution in [3.63, 3.8) is 0 Å². The molecule has 0 spiro atoms. The molecule has 7 nitrogen and oxygen atoms in total. The van der Waals surface area contributed by atoms with Gasteiger partial charge in [0, 0.05) is 18.5 Å². The summed E-state index contributed by atoms with van der Waals surface area (Å²) in [5, 5.41) is 11.1. The van der Waals surface area contributed by atoms with E-state index in [1.165, 1.54) is 11.9 Å². The van der Waals surface area contributed by atoms with Gasteiger partial charge >= 0.3 is 0 Å². The maximum atomic E-state index is 5.76. The van der Waals surface area contributed by atoms with Crippen molar-refractivity contribution in [2.24, 2.45) is 4.99 Å². The van der Waals surface area contributed by atoms with Crippen molar-refractivity contribution in [3.8, 4) is 11.4 Å². The number of nitrogens with one attached hydrogen (secondary N) is 2. The van der Waals surface area contributed by atoms with Crippen LogP contribution in [0.1, 0.15) is 30.5 Å². The smallest absolute Gasteiger partial charge is 0.192 e. The normalized spacial score (nSPS) is 15.6. The third-order valence-electron chi connectivity index (χ3n) is 4.63. The Morgan fingerprint density at radius 2 is 2.14 bits per heavy atom. The first-order valence-corrected chi connectivity index (χ1v) is 9.54. The fraction of sp³-hybridized carbons (Fsp3) is 0.286. The molecule has 1 aliphatic heterocycles. The van der Waals surface area contributed by atoms with Crippen molar-refractivity contribution in [1.29, 1.82) is 0 Å². The first-order chi connectivity index (χ1) is 13.8. The number of hydrogen-bond donors (Lipinski definition) is 2. The second kappa shape index (κ2) is 10.2. The Kier molecular flexibility index (Phi) is 7.45. The van der Waals surface area contributed by atoms with Crippen molar-refractivity contribution < 1.29 is 4.74 Å². The summed E-state index contributed by atoms with van der Waals surface area (Å²) in [5.41, 5.74) is 3.26. The van der Waals surface area contributed by atoms with Gasteiger partial charge in [-0.25, -0.2) is 14.7 Å². The van der Waals surface area contributed by atoms with E-state index in [1.807, 2.05) is 30.3 Å². The molecule has 152 valence electrons. The molecule has 1 unspecified atom stereocenters. The molecular weight excluding hydrogens is 479 g/mol. The Hall–Kier alpha value is -2.62. The van der Waals surface area contributed by atoms with Crippen LogP contribution in [0.2, 0.25) is 0 Å². The largest absolute Gasteiger partial charge is 0.493 e. The fourth-order valence-electron chi connectivity index (χ4n) is 3.29. The number of rotatable bonds is 5. The van der Waals surface area contributed by atoms with E-state index < -0.39 is 0 Å². The Bertz CT molecular complexity index is 944. The molecule has 2 N–H and O–H groups in total. The third-order valence-corrected chi connectivity index (χ3v) is 4.63. The lowest BCUT2D eigenvalue weighted by Crippen LogP contribution is -2.41. The van der Waals surface area contributed by atoms with Gasteiger partial charge in [-0.05, 0) is 30.7 Å². The van der Waals surface area contributed by atoms with E-state index in [9.17, 15) is 0 Å². The molecule has 2 aromatic carbocycles. The molecule has 0 saturated heterocycles. The van der Waals surface area contributed by atoms with Gasteiger partial charge in [-0.15, -0.1) is 24.0 Å². The van der Waals surface area contributed by atoms with Gasteiger partial charge in [0.05, 0.1) is 24.9 Å². The first-order valence-electron chi connectivity index (χ1n) is 9.54. The lowest BCUT2D eigenvalue weighted by Gasteiger charge is -2.28. The van der Waals surface area contributed by atoms with Crippen LogP contribution in [0.5, 0.6) is 5.75 Å². The topological polar surface area (TPSA) is 76.4 Å². The highest BCUT2D eigenvalue weighted by Crippen LogP contribution is 2.31. The summed E-state index contributed by atoms with van der Waals surface area (Å²) in [6.07, 6.45) is 4.13. The minimum absolute atomic E-state index is 0. The summed E-state index contributed by atoms with van der Waals surface area (Å²) in [6.45, 7) is 4.15. The predicted molar refractivity (Wildman–Crippen MR) is 124 cm³/mol. The Morgan fingerprint density at radius 3 is 2.97 bits per heavy atom. The Balaban J connectivity index is 0.00000240. The molecule has 0 amide bonds. The second-order valence-corrected chi connectivity index (χ2v) is 6.58. The number of hydrogen-bond acceptors (Lipinski definition) is 4. The summed E-state index contributed by atoms with van der Waals surface area (Å²) in [7, 11) is 0. The van der Waals surface area contributed by atoms with Crippen LogP contribution in [0.3, 0.4) is 0 Å². The zero-order valence-corrected chi connectivity index (χ0v) is 18.6. The molecule has 3 aromatic rings. The summed E-state index contributed by atoms with van der Waals surface area (Å²) >= 11 is 0. The number of fused-ring (bicyclic) bond motifs is 1. The maximum Gasteiger partial charge on any atom is 0.192 e. The summed E-state index contributed by atoms with van der Waals surface area (Å²) in [6, 6.07) is 16.5. The standard InChI is InChI=1S/C21H24N6O.HI/c1-2-23-21(26-19-10-11-28-20-9-4-3-8-18(19)20)24-13-16-6-5-7-17(12-16)27-15-22-14-25-27;/h3-9,12,14-15,19H,2,10-11,13H2,1H3,(H2,23,24,26);1H. The van der Waals surface area contributed by atoms with Crippen LogP contribution in [0, 0.1) is 0 Å². The first kappa shape index (κ1) is 21.1. The van der Waals surface area contributed by atoms with Crippen molar-refractivity contribution >= 4 is 29.9 Å². The zero-order chi connectivity index (χ0) is 19.2. The average Bonchev–Trinajstić information content (AvgIpc) is 3.28. The molecule has 1 aliphatic rings.